The first kappa shape index (κ1) is 20.3. The molecule has 1 aliphatic heterocycles. The van der Waals surface area contributed by atoms with Crippen LogP contribution in [-0.4, -0.2) is 40.0 Å². The largest absolute Gasteiger partial charge is 0.461 e. The van der Waals surface area contributed by atoms with Gasteiger partial charge in [-0.05, 0) is 42.8 Å². The summed E-state index contributed by atoms with van der Waals surface area (Å²) >= 11 is 0. The van der Waals surface area contributed by atoms with Crippen molar-refractivity contribution >= 4 is 29.0 Å². The lowest BCUT2D eigenvalue weighted by atomic mass is 10.1. The average molecular weight is 417 g/mol. The predicted molar refractivity (Wildman–Crippen MR) is 118 cm³/mol. The molecule has 0 saturated heterocycles. The van der Waals surface area contributed by atoms with Gasteiger partial charge in [0.1, 0.15) is 11.8 Å². The van der Waals surface area contributed by atoms with Crippen LogP contribution in [0.25, 0.3) is 0 Å². The van der Waals surface area contributed by atoms with Gasteiger partial charge in [0.25, 0.3) is 0 Å². The lowest BCUT2D eigenvalue weighted by molar-refractivity contribution is -0.135. The van der Waals surface area contributed by atoms with Gasteiger partial charge in [0, 0.05) is 24.5 Å². The quantitative estimate of drug-likeness (QED) is 0.597. The van der Waals surface area contributed by atoms with Gasteiger partial charge < -0.3 is 10.1 Å². The van der Waals surface area contributed by atoms with E-state index in [1.165, 1.54) is 0 Å². The van der Waals surface area contributed by atoms with E-state index in [2.05, 4.69) is 15.5 Å². The fraction of sp³-hybridized carbons (Fsp3) is 0.217. The van der Waals surface area contributed by atoms with Crippen LogP contribution < -0.4 is 10.3 Å². The van der Waals surface area contributed by atoms with Crippen molar-refractivity contribution in [3.8, 4) is 0 Å². The molecule has 1 atom stereocenters. The van der Waals surface area contributed by atoms with Crippen LogP contribution in [0.1, 0.15) is 18.9 Å². The molecule has 1 aromatic heterocycles. The van der Waals surface area contributed by atoms with Gasteiger partial charge in [0.15, 0.2) is 0 Å². The van der Waals surface area contributed by atoms with Crippen LogP contribution in [0.5, 0.6) is 0 Å². The number of hydrazone groups is 1. The minimum absolute atomic E-state index is 0.178. The highest BCUT2D eigenvalue weighted by Crippen LogP contribution is 2.26. The number of hydrogen-bond donors (Lipinski definition) is 1. The number of hydrogen-bond acceptors (Lipinski definition) is 6. The molecule has 8 nitrogen and oxygen atoms in total. The van der Waals surface area contributed by atoms with Crippen LogP contribution in [0, 0.1) is 0 Å². The zero-order chi connectivity index (χ0) is 21.6. The molecule has 8 heteroatoms. The van der Waals surface area contributed by atoms with Crippen molar-refractivity contribution in [1.82, 2.24) is 9.78 Å². The SMILES string of the molecule is CCOC(=O)C1=NN(c2ccccc2)C(C(=O)Nc2ccc(Cn3cccn3)cc2)C1. The normalized spacial score (nSPS) is 15.5. The van der Waals surface area contributed by atoms with Gasteiger partial charge in [-0.25, -0.2) is 4.79 Å². The lowest BCUT2D eigenvalue weighted by Crippen LogP contribution is -2.38. The van der Waals surface area contributed by atoms with Gasteiger partial charge >= 0.3 is 5.97 Å². The maximum atomic E-state index is 13.1. The highest BCUT2D eigenvalue weighted by molar-refractivity contribution is 6.38. The highest BCUT2D eigenvalue weighted by Gasteiger charge is 2.36. The van der Waals surface area contributed by atoms with Crippen molar-refractivity contribution in [2.45, 2.75) is 25.9 Å². The Morgan fingerprint density at radius 3 is 2.55 bits per heavy atom. The monoisotopic (exact) mass is 417 g/mol. The molecule has 0 bridgehead atoms. The van der Waals surface area contributed by atoms with Crippen molar-refractivity contribution in [3.63, 3.8) is 0 Å². The van der Waals surface area contributed by atoms with Crippen LogP contribution in [0.15, 0.2) is 78.2 Å². The number of esters is 1. The van der Waals surface area contributed by atoms with E-state index in [4.69, 9.17) is 4.74 Å². The summed E-state index contributed by atoms with van der Waals surface area (Å²) in [5.74, 6) is -0.742. The number of anilines is 2. The minimum Gasteiger partial charge on any atom is -0.461 e. The van der Waals surface area contributed by atoms with E-state index in [9.17, 15) is 9.59 Å². The summed E-state index contributed by atoms with van der Waals surface area (Å²) in [5, 5.41) is 13.1. The summed E-state index contributed by atoms with van der Waals surface area (Å²) in [6, 6.07) is 18.1. The topological polar surface area (TPSA) is 88.8 Å². The van der Waals surface area contributed by atoms with Gasteiger partial charge in [0.05, 0.1) is 18.8 Å². The third-order valence-corrected chi connectivity index (χ3v) is 4.87. The first-order chi connectivity index (χ1) is 15.1. The second kappa shape index (κ2) is 9.25. The number of amides is 1. The second-order valence-corrected chi connectivity index (χ2v) is 7.06. The first-order valence-electron chi connectivity index (χ1n) is 10.1. The van der Waals surface area contributed by atoms with E-state index >= 15 is 0 Å². The Labute approximate surface area is 180 Å². The van der Waals surface area contributed by atoms with Crippen LogP contribution in [0.2, 0.25) is 0 Å². The van der Waals surface area contributed by atoms with Crippen molar-refractivity contribution in [1.29, 1.82) is 0 Å². The second-order valence-electron chi connectivity index (χ2n) is 7.06. The Bertz CT molecular complexity index is 1060. The summed E-state index contributed by atoms with van der Waals surface area (Å²) in [4.78, 5) is 25.3. The molecule has 31 heavy (non-hydrogen) atoms. The fourth-order valence-electron chi connectivity index (χ4n) is 3.37. The number of aromatic nitrogens is 2. The molecule has 3 aromatic rings. The molecular weight excluding hydrogens is 394 g/mol. The molecule has 1 N–H and O–H groups in total. The smallest absolute Gasteiger partial charge is 0.354 e. The molecule has 0 aliphatic carbocycles. The number of para-hydroxylation sites is 1. The standard InChI is InChI=1S/C23H23N5O3/c1-2-31-23(30)20-15-21(28(26-20)19-7-4-3-5-8-19)22(29)25-18-11-9-17(10-12-18)16-27-14-6-13-24-27/h3-14,21H,2,15-16H2,1H3,(H,25,29). The van der Waals surface area contributed by atoms with Crippen molar-refractivity contribution in [2.24, 2.45) is 5.10 Å². The molecule has 1 amide bonds. The Hall–Kier alpha value is -3.94. The number of carbonyl (C=O) groups is 2. The summed E-state index contributed by atoms with van der Waals surface area (Å²) in [6.07, 6.45) is 3.81. The Morgan fingerprint density at radius 1 is 1.10 bits per heavy atom. The Balaban J connectivity index is 1.47. The van der Waals surface area contributed by atoms with Crippen molar-refractivity contribution in [2.75, 3.05) is 16.9 Å². The maximum absolute atomic E-state index is 13.1. The summed E-state index contributed by atoms with van der Waals surface area (Å²) in [7, 11) is 0. The highest BCUT2D eigenvalue weighted by atomic mass is 16.5. The molecule has 0 radical (unpaired) electrons. The van der Waals surface area contributed by atoms with Gasteiger partial charge in [0.2, 0.25) is 5.91 Å². The van der Waals surface area contributed by atoms with Gasteiger partial charge in [-0.15, -0.1) is 0 Å². The third kappa shape index (κ3) is 4.80. The first-order valence-corrected chi connectivity index (χ1v) is 10.1. The van der Waals surface area contributed by atoms with E-state index < -0.39 is 12.0 Å². The summed E-state index contributed by atoms with van der Waals surface area (Å²) in [6.45, 7) is 2.65. The van der Waals surface area contributed by atoms with E-state index in [0.29, 0.717) is 12.2 Å². The Morgan fingerprint density at radius 2 is 1.87 bits per heavy atom. The molecule has 1 aliphatic rings. The number of rotatable bonds is 7. The number of ether oxygens (including phenoxy) is 1. The van der Waals surface area contributed by atoms with Crippen molar-refractivity contribution in [3.05, 3.63) is 78.6 Å². The van der Waals surface area contributed by atoms with Gasteiger partial charge in [-0.3, -0.25) is 14.5 Å². The molecule has 4 rings (SSSR count). The average Bonchev–Trinajstić information content (AvgIpc) is 3.46. The van der Waals surface area contributed by atoms with Gasteiger partial charge in [-0.2, -0.15) is 10.2 Å². The van der Waals surface area contributed by atoms with Crippen molar-refractivity contribution < 1.29 is 14.3 Å². The number of benzene rings is 2. The number of carbonyl (C=O) groups excluding carboxylic acids is 2. The molecule has 2 aromatic carbocycles. The van der Waals surface area contributed by atoms with Crippen LogP contribution in [0.4, 0.5) is 11.4 Å². The molecule has 0 saturated carbocycles. The minimum atomic E-state index is -0.648. The lowest BCUT2D eigenvalue weighted by Gasteiger charge is -2.22. The Kier molecular flexibility index (Phi) is 6.07. The summed E-state index contributed by atoms with van der Waals surface area (Å²) in [5.41, 5.74) is 2.71. The zero-order valence-electron chi connectivity index (χ0n) is 17.1. The third-order valence-electron chi connectivity index (χ3n) is 4.87. The molecule has 0 fully saturated rings. The zero-order valence-corrected chi connectivity index (χ0v) is 17.1. The van der Waals surface area contributed by atoms with E-state index in [-0.39, 0.29) is 24.6 Å². The summed E-state index contributed by atoms with van der Waals surface area (Å²) < 4.78 is 6.91. The molecule has 158 valence electrons. The van der Waals surface area contributed by atoms with Crippen LogP contribution in [0.3, 0.4) is 0 Å². The van der Waals surface area contributed by atoms with Crippen LogP contribution in [-0.2, 0) is 20.9 Å². The van der Waals surface area contributed by atoms with Gasteiger partial charge in [-0.1, -0.05) is 30.3 Å². The molecule has 2 heterocycles. The maximum Gasteiger partial charge on any atom is 0.354 e. The molecule has 0 spiro atoms. The van der Waals surface area contributed by atoms with Crippen LogP contribution >= 0.6 is 0 Å². The fourth-order valence-corrected chi connectivity index (χ4v) is 3.37. The molecular formula is C23H23N5O3. The molecule has 1 unspecified atom stereocenters. The number of nitrogens with one attached hydrogen (secondary N) is 1. The van der Waals surface area contributed by atoms with E-state index in [1.807, 2.05) is 71.5 Å². The number of nitrogens with zero attached hydrogens (tertiary/aromatic N) is 4. The van der Waals surface area contributed by atoms with E-state index in [1.54, 1.807) is 18.1 Å². The van der Waals surface area contributed by atoms with E-state index in [0.717, 1.165) is 11.3 Å². The predicted octanol–water partition coefficient (Wildman–Crippen LogP) is 3.07.